The first-order chi connectivity index (χ1) is 6.57. The molecule has 0 spiro atoms. The highest BCUT2D eigenvalue weighted by atomic mass is 16.7. The molecule has 2 saturated heterocycles. The van der Waals surface area contributed by atoms with E-state index in [1.807, 2.05) is 19.9 Å². The number of cyclic esters (lactones) is 1. The number of esters is 1. The fourth-order valence-electron chi connectivity index (χ4n) is 1.62. The van der Waals surface area contributed by atoms with Crippen molar-refractivity contribution in [2.75, 3.05) is 13.2 Å². The topological polar surface area (TPSA) is 44.8 Å². The molecular formula is C10H14O4. The summed E-state index contributed by atoms with van der Waals surface area (Å²) in [5.41, 5.74) is 0.705. The molecule has 0 aromatic rings. The monoisotopic (exact) mass is 198 g/mol. The first kappa shape index (κ1) is 9.68. The van der Waals surface area contributed by atoms with Gasteiger partial charge in [0.15, 0.2) is 5.79 Å². The maximum atomic E-state index is 11.1. The maximum absolute atomic E-state index is 11.1. The van der Waals surface area contributed by atoms with Gasteiger partial charge in [0.25, 0.3) is 0 Å². The molecule has 2 rings (SSSR count). The smallest absolute Gasteiger partial charge is 0.333 e. The van der Waals surface area contributed by atoms with Crippen molar-refractivity contribution in [1.29, 1.82) is 0 Å². The number of rotatable bonds is 1. The molecular weight excluding hydrogens is 184 g/mol. The molecule has 4 heteroatoms. The Hall–Kier alpha value is -0.870. The summed E-state index contributed by atoms with van der Waals surface area (Å²) >= 11 is 0. The van der Waals surface area contributed by atoms with E-state index in [9.17, 15) is 4.79 Å². The van der Waals surface area contributed by atoms with Gasteiger partial charge in [-0.25, -0.2) is 4.79 Å². The van der Waals surface area contributed by atoms with Crippen molar-refractivity contribution in [3.8, 4) is 0 Å². The predicted molar refractivity (Wildman–Crippen MR) is 48.6 cm³/mol. The second-order valence-corrected chi connectivity index (χ2v) is 3.94. The third-order valence-electron chi connectivity index (χ3n) is 2.28. The maximum Gasteiger partial charge on any atom is 0.333 e. The summed E-state index contributed by atoms with van der Waals surface area (Å²) in [5.74, 6) is -0.761. The van der Waals surface area contributed by atoms with Crippen LogP contribution in [0.2, 0.25) is 0 Å². The van der Waals surface area contributed by atoms with Gasteiger partial charge in [-0.2, -0.15) is 0 Å². The standard InChI is InChI=1S/C10H14O4/c1-10(2)13-6-8(14-10)5-7-3-4-12-9(7)11/h5,8H,3-4,6H2,1-2H3/b7-5+/t8-/m0/s1. The minimum atomic E-state index is -0.537. The summed E-state index contributed by atoms with van der Waals surface area (Å²) in [5, 5.41) is 0. The number of hydrogen-bond donors (Lipinski definition) is 0. The molecule has 2 aliphatic rings. The van der Waals surface area contributed by atoms with Gasteiger partial charge in [-0.05, 0) is 19.9 Å². The minimum Gasteiger partial charge on any atom is -0.462 e. The number of carbonyl (C=O) groups is 1. The van der Waals surface area contributed by atoms with Crippen LogP contribution in [-0.2, 0) is 19.0 Å². The molecule has 14 heavy (non-hydrogen) atoms. The summed E-state index contributed by atoms with van der Waals surface area (Å²) in [6.07, 6.45) is 2.37. The second-order valence-electron chi connectivity index (χ2n) is 3.94. The van der Waals surface area contributed by atoms with Crippen LogP contribution in [0, 0.1) is 0 Å². The van der Waals surface area contributed by atoms with E-state index in [2.05, 4.69) is 0 Å². The van der Waals surface area contributed by atoms with Crippen LogP contribution < -0.4 is 0 Å². The molecule has 2 fully saturated rings. The van der Waals surface area contributed by atoms with Crippen molar-refractivity contribution < 1.29 is 19.0 Å². The quantitative estimate of drug-likeness (QED) is 0.466. The molecule has 78 valence electrons. The molecule has 0 amide bonds. The SMILES string of the molecule is CC1(C)OC[C@H](/C=C2\CCOC2=O)O1. The number of hydrogen-bond acceptors (Lipinski definition) is 4. The molecule has 2 heterocycles. The lowest BCUT2D eigenvalue weighted by Gasteiger charge is -2.15. The Morgan fingerprint density at radius 3 is 2.79 bits per heavy atom. The molecule has 0 bridgehead atoms. The van der Waals surface area contributed by atoms with Crippen molar-refractivity contribution in [2.45, 2.75) is 32.2 Å². The molecule has 2 aliphatic heterocycles. The van der Waals surface area contributed by atoms with Gasteiger partial charge in [0.05, 0.1) is 13.2 Å². The fourth-order valence-corrected chi connectivity index (χ4v) is 1.62. The Balaban J connectivity index is 2.01. The molecule has 0 unspecified atom stereocenters. The van der Waals surface area contributed by atoms with Crippen molar-refractivity contribution >= 4 is 5.97 Å². The lowest BCUT2D eigenvalue weighted by Crippen LogP contribution is -2.21. The van der Waals surface area contributed by atoms with Crippen LogP contribution in [0.25, 0.3) is 0 Å². The van der Waals surface area contributed by atoms with E-state index in [4.69, 9.17) is 14.2 Å². The van der Waals surface area contributed by atoms with E-state index < -0.39 is 5.79 Å². The summed E-state index contributed by atoms with van der Waals surface area (Å²) in [6.45, 7) is 4.71. The molecule has 4 nitrogen and oxygen atoms in total. The Morgan fingerprint density at radius 1 is 1.50 bits per heavy atom. The fraction of sp³-hybridized carbons (Fsp3) is 0.700. The largest absolute Gasteiger partial charge is 0.462 e. The van der Waals surface area contributed by atoms with E-state index in [1.54, 1.807) is 0 Å². The highest BCUT2D eigenvalue weighted by Gasteiger charge is 2.32. The van der Waals surface area contributed by atoms with E-state index in [-0.39, 0.29) is 12.1 Å². The summed E-state index contributed by atoms with van der Waals surface area (Å²) < 4.78 is 15.8. The van der Waals surface area contributed by atoms with Crippen molar-refractivity contribution in [3.63, 3.8) is 0 Å². The van der Waals surface area contributed by atoms with Gasteiger partial charge >= 0.3 is 5.97 Å². The average molecular weight is 198 g/mol. The van der Waals surface area contributed by atoms with Gasteiger partial charge < -0.3 is 14.2 Å². The zero-order valence-corrected chi connectivity index (χ0v) is 8.41. The van der Waals surface area contributed by atoms with Crippen LogP contribution in [0.5, 0.6) is 0 Å². The molecule has 0 aromatic heterocycles. The first-order valence-electron chi connectivity index (χ1n) is 4.76. The van der Waals surface area contributed by atoms with Gasteiger partial charge in [-0.15, -0.1) is 0 Å². The third kappa shape index (κ3) is 1.96. The van der Waals surface area contributed by atoms with E-state index in [0.717, 1.165) is 0 Å². The molecule has 0 aliphatic carbocycles. The zero-order valence-electron chi connectivity index (χ0n) is 8.41. The lowest BCUT2D eigenvalue weighted by molar-refractivity contribution is -0.136. The van der Waals surface area contributed by atoms with Crippen molar-refractivity contribution in [2.24, 2.45) is 0 Å². The first-order valence-corrected chi connectivity index (χ1v) is 4.76. The zero-order chi connectivity index (χ0) is 10.2. The Morgan fingerprint density at radius 2 is 2.29 bits per heavy atom. The summed E-state index contributed by atoms with van der Waals surface area (Å²) in [4.78, 5) is 11.1. The van der Waals surface area contributed by atoms with Crippen LogP contribution in [0.4, 0.5) is 0 Å². The van der Waals surface area contributed by atoms with Gasteiger partial charge in [-0.1, -0.05) is 0 Å². The summed E-state index contributed by atoms with van der Waals surface area (Å²) in [6, 6.07) is 0. The van der Waals surface area contributed by atoms with Crippen molar-refractivity contribution in [1.82, 2.24) is 0 Å². The van der Waals surface area contributed by atoms with Gasteiger partial charge in [0.2, 0.25) is 0 Å². The van der Waals surface area contributed by atoms with Gasteiger partial charge in [-0.3, -0.25) is 0 Å². The normalized spacial score (nSPS) is 33.7. The van der Waals surface area contributed by atoms with Crippen LogP contribution in [-0.4, -0.2) is 31.1 Å². The lowest BCUT2D eigenvalue weighted by atomic mass is 10.2. The van der Waals surface area contributed by atoms with Gasteiger partial charge in [0.1, 0.15) is 6.10 Å². The third-order valence-corrected chi connectivity index (χ3v) is 2.28. The van der Waals surface area contributed by atoms with Crippen molar-refractivity contribution in [3.05, 3.63) is 11.6 Å². The average Bonchev–Trinajstić information content (AvgIpc) is 2.61. The van der Waals surface area contributed by atoms with Gasteiger partial charge in [0, 0.05) is 12.0 Å². The Bertz CT molecular complexity index is 280. The van der Waals surface area contributed by atoms with Crippen LogP contribution >= 0.6 is 0 Å². The molecule has 0 N–H and O–H groups in total. The Kier molecular flexibility index (Phi) is 2.33. The Labute approximate surface area is 82.8 Å². The van der Waals surface area contributed by atoms with E-state index >= 15 is 0 Å². The van der Waals surface area contributed by atoms with E-state index in [0.29, 0.717) is 25.2 Å². The summed E-state index contributed by atoms with van der Waals surface area (Å²) in [7, 11) is 0. The molecule has 0 saturated carbocycles. The minimum absolute atomic E-state index is 0.120. The molecule has 0 aromatic carbocycles. The van der Waals surface area contributed by atoms with Crippen LogP contribution in [0.3, 0.4) is 0 Å². The predicted octanol–water partition coefficient (Wildman–Crippen LogP) is 1.01. The second kappa shape index (κ2) is 3.37. The van der Waals surface area contributed by atoms with Crippen LogP contribution in [0.1, 0.15) is 20.3 Å². The highest BCUT2D eigenvalue weighted by Crippen LogP contribution is 2.25. The number of ether oxygens (including phenoxy) is 3. The van der Waals surface area contributed by atoms with E-state index in [1.165, 1.54) is 0 Å². The number of carbonyl (C=O) groups excluding carboxylic acids is 1. The van der Waals surface area contributed by atoms with Crippen LogP contribution in [0.15, 0.2) is 11.6 Å². The highest BCUT2D eigenvalue weighted by molar-refractivity contribution is 5.90. The molecule has 1 atom stereocenters. The molecule has 0 radical (unpaired) electrons.